The maximum Gasteiger partial charge on any atom is 0.244 e. The molecule has 2 rings (SSSR count). The predicted molar refractivity (Wildman–Crippen MR) is 84.1 cm³/mol. The van der Waals surface area contributed by atoms with E-state index in [4.69, 9.17) is 10.5 Å². The van der Waals surface area contributed by atoms with Gasteiger partial charge in [-0.15, -0.1) is 0 Å². The Kier molecular flexibility index (Phi) is 5.35. The summed E-state index contributed by atoms with van der Waals surface area (Å²) in [5.41, 5.74) is 7.42. The van der Waals surface area contributed by atoms with E-state index in [-0.39, 0.29) is 11.4 Å². The average Bonchev–Trinajstić information content (AvgIpc) is 2.99. The second-order valence-corrected chi connectivity index (χ2v) is 6.98. The smallest absolute Gasteiger partial charge is 0.244 e. The molecular formula is C14H18N2O3S2. The van der Waals surface area contributed by atoms with Crippen molar-refractivity contribution in [3.8, 4) is 5.75 Å². The van der Waals surface area contributed by atoms with E-state index >= 15 is 0 Å². The van der Waals surface area contributed by atoms with Crippen LogP contribution < -0.4 is 15.2 Å². The predicted octanol–water partition coefficient (Wildman–Crippen LogP) is 1.74. The summed E-state index contributed by atoms with van der Waals surface area (Å²) in [6.07, 6.45) is 0.654. The van der Waals surface area contributed by atoms with Crippen LogP contribution in [-0.4, -0.2) is 22.1 Å². The van der Waals surface area contributed by atoms with Gasteiger partial charge in [-0.3, -0.25) is 0 Å². The van der Waals surface area contributed by atoms with E-state index in [1.54, 1.807) is 29.5 Å². The number of nitrogens with two attached hydrogens (primary N) is 1. The lowest BCUT2D eigenvalue weighted by Gasteiger charge is -2.12. The number of hydrogen-bond acceptors (Lipinski definition) is 5. The lowest BCUT2D eigenvalue weighted by atomic mass is 10.2. The third kappa shape index (κ3) is 4.04. The molecule has 0 aliphatic carbocycles. The third-order valence-corrected chi connectivity index (χ3v) is 5.25. The fraction of sp³-hybridized carbons (Fsp3) is 0.286. The van der Waals surface area contributed by atoms with E-state index in [1.807, 2.05) is 16.8 Å². The minimum Gasteiger partial charge on any atom is -0.495 e. The largest absolute Gasteiger partial charge is 0.495 e. The van der Waals surface area contributed by atoms with Crippen molar-refractivity contribution >= 4 is 21.4 Å². The van der Waals surface area contributed by atoms with Crippen molar-refractivity contribution in [3.05, 3.63) is 46.2 Å². The molecule has 1 heterocycles. The van der Waals surface area contributed by atoms with Crippen molar-refractivity contribution in [2.24, 2.45) is 5.73 Å². The SMILES string of the molecule is COc1ccc(CN)cc1S(=O)(=O)NCCc1ccsc1. The van der Waals surface area contributed by atoms with Gasteiger partial charge >= 0.3 is 0 Å². The third-order valence-electron chi connectivity index (χ3n) is 3.04. The van der Waals surface area contributed by atoms with Gasteiger partial charge < -0.3 is 10.5 Å². The first-order valence-corrected chi connectivity index (χ1v) is 8.87. The summed E-state index contributed by atoms with van der Waals surface area (Å²) in [5.74, 6) is 0.315. The molecule has 0 atom stereocenters. The van der Waals surface area contributed by atoms with Crippen molar-refractivity contribution in [2.75, 3.05) is 13.7 Å². The van der Waals surface area contributed by atoms with Gasteiger partial charge in [-0.05, 0) is 46.5 Å². The van der Waals surface area contributed by atoms with Gasteiger partial charge in [0.15, 0.2) is 0 Å². The highest BCUT2D eigenvalue weighted by atomic mass is 32.2. The van der Waals surface area contributed by atoms with Gasteiger partial charge in [0.05, 0.1) is 7.11 Å². The van der Waals surface area contributed by atoms with Gasteiger partial charge in [-0.25, -0.2) is 13.1 Å². The lowest BCUT2D eigenvalue weighted by molar-refractivity contribution is 0.402. The number of sulfonamides is 1. The van der Waals surface area contributed by atoms with E-state index in [0.29, 0.717) is 18.7 Å². The lowest BCUT2D eigenvalue weighted by Crippen LogP contribution is -2.26. The standard InChI is InChI=1S/C14H18N2O3S2/c1-19-13-3-2-12(9-15)8-14(13)21(17,18)16-6-4-11-5-7-20-10-11/h2-3,5,7-8,10,16H,4,6,9,15H2,1H3. The molecule has 0 spiro atoms. The van der Waals surface area contributed by atoms with Crippen LogP contribution in [0.3, 0.4) is 0 Å². The van der Waals surface area contributed by atoms with Crippen molar-refractivity contribution in [3.63, 3.8) is 0 Å². The van der Waals surface area contributed by atoms with Crippen LogP contribution in [0.5, 0.6) is 5.75 Å². The monoisotopic (exact) mass is 326 g/mol. The maximum atomic E-state index is 12.4. The van der Waals surface area contributed by atoms with E-state index in [9.17, 15) is 8.42 Å². The molecule has 0 aliphatic heterocycles. The summed E-state index contributed by atoms with van der Waals surface area (Å²) in [7, 11) is -2.17. The zero-order chi connectivity index (χ0) is 15.3. The molecule has 2 aromatic rings. The van der Waals surface area contributed by atoms with Crippen LogP contribution in [0.15, 0.2) is 39.9 Å². The Hall–Kier alpha value is -1.41. The van der Waals surface area contributed by atoms with Crippen molar-refractivity contribution in [1.82, 2.24) is 4.72 Å². The molecule has 1 aromatic heterocycles. The van der Waals surface area contributed by atoms with Crippen LogP contribution in [-0.2, 0) is 23.0 Å². The molecule has 21 heavy (non-hydrogen) atoms. The van der Waals surface area contributed by atoms with Gasteiger partial charge in [0.1, 0.15) is 10.6 Å². The van der Waals surface area contributed by atoms with Gasteiger partial charge in [0.25, 0.3) is 0 Å². The highest BCUT2D eigenvalue weighted by molar-refractivity contribution is 7.89. The molecule has 0 saturated carbocycles. The molecule has 0 bridgehead atoms. The quantitative estimate of drug-likeness (QED) is 0.812. The molecule has 0 radical (unpaired) electrons. The Bertz CT molecular complexity index is 682. The average molecular weight is 326 g/mol. The number of benzene rings is 1. The van der Waals surface area contributed by atoms with Crippen LogP contribution in [0, 0.1) is 0 Å². The van der Waals surface area contributed by atoms with Crippen LogP contribution >= 0.6 is 11.3 Å². The van der Waals surface area contributed by atoms with E-state index in [1.165, 1.54) is 7.11 Å². The second-order valence-electron chi connectivity index (χ2n) is 4.47. The summed E-state index contributed by atoms with van der Waals surface area (Å²) < 4.78 is 32.5. The summed E-state index contributed by atoms with van der Waals surface area (Å²) in [6, 6.07) is 6.90. The van der Waals surface area contributed by atoms with Gasteiger partial charge in [0.2, 0.25) is 10.0 Å². The number of rotatable bonds is 7. The zero-order valence-corrected chi connectivity index (χ0v) is 13.3. The van der Waals surface area contributed by atoms with Crippen LogP contribution in [0.25, 0.3) is 0 Å². The van der Waals surface area contributed by atoms with Crippen molar-refractivity contribution in [1.29, 1.82) is 0 Å². The topological polar surface area (TPSA) is 81.4 Å². The molecular weight excluding hydrogens is 308 g/mol. The van der Waals surface area contributed by atoms with E-state index in [0.717, 1.165) is 11.1 Å². The minimum atomic E-state index is -3.62. The zero-order valence-electron chi connectivity index (χ0n) is 11.7. The molecule has 0 amide bonds. The maximum absolute atomic E-state index is 12.4. The Morgan fingerprint density at radius 3 is 2.71 bits per heavy atom. The first kappa shape index (κ1) is 16.0. The summed E-state index contributed by atoms with van der Waals surface area (Å²) in [5, 5.41) is 3.97. The summed E-state index contributed by atoms with van der Waals surface area (Å²) >= 11 is 1.59. The summed E-state index contributed by atoms with van der Waals surface area (Å²) in [6.45, 7) is 0.622. The highest BCUT2D eigenvalue weighted by Gasteiger charge is 2.19. The molecule has 5 nitrogen and oxygen atoms in total. The molecule has 0 fully saturated rings. The fourth-order valence-corrected chi connectivity index (χ4v) is 3.85. The summed E-state index contributed by atoms with van der Waals surface area (Å²) in [4.78, 5) is 0.123. The van der Waals surface area contributed by atoms with Gasteiger partial charge in [-0.1, -0.05) is 6.07 Å². The normalized spacial score (nSPS) is 11.5. The molecule has 3 N–H and O–H groups in total. The van der Waals surface area contributed by atoms with Crippen molar-refractivity contribution in [2.45, 2.75) is 17.9 Å². The Labute approximate surface area is 128 Å². The molecule has 0 aliphatic rings. The molecule has 0 unspecified atom stereocenters. The second kappa shape index (κ2) is 7.04. The van der Waals surface area contributed by atoms with Crippen LogP contribution in [0.1, 0.15) is 11.1 Å². The number of thiophene rings is 1. The molecule has 0 saturated heterocycles. The molecule has 1 aromatic carbocycles. The van der Waals surface area contributed by atoms with Crippen LogP contribution in [0.4, 0.5) is 0 Å². The molecule has 7 heteroatoms. The number of nitrogens with one attached hydrogen (secondary N) is 1. The number of ether oxygens (including phenoxy) is 1. The van der Waals surface area contributed by atoms with Gasteiger partial charge in [0, 0.05) is 13.1 Å². The number of methoxy groups -OCH3 is 1. The van der Waals surface area contributed by atoms with Crippen molar-refractivity contribution < 1.29 is 13.2 Å². The Morgan fingerprint density at radius 1 is 1.29 bits per heavy atom. The first-order valence-electron chi connectivity index (χ1n) is 6.44. The Balaban J connectivity index is 2.14. The van der Waals surface area contributed by atoms with Gasteiger partial charge in [-0.2, -0.15) is 11.3 Å². The van der Waals surface area contributed by atoms with E-state index < -0.39 is 10.0 Å². The number of hydrogen-bond donors (Lipinski definition) is 2. The minimum absolute atomic E-state index is 0.123. The highest BCUT2D eigenvalue weighted by Crippen LogP contribution is 2.24. The Morgan fingerprint density at radius 2 is 2.10 bits per heavy atom. The first-order chi connectivity index (χ1) is 10.1. The molecule has 114 valence electrons. The van der Waals surface area contributed by atoms with E-state index in [2.05, 4.69) is 4.72 Å². The van der Waals surface area contributed by atoms with Crippen LogP contribution in [0.2, 0.25) is 0 Å². The fourth-order valence-electron chi connectivity index (χ4n) is 1.90.